The molecule has 144 valence electrons. The zero-order valence-corrected chi connectivity index (χ0v) is 22.9. The van der Waals surface area contributed by atoms with Crippen LogP contribution in [-0.4, -0.2) is 9.13 Å². The summed E-state index contributed by atoms with van der Waals surface area (Å²) in [5.74, 6) is 0. The molecule has 26 heavy (non-hydrogen) atoms. The fourth-order valence-electron chi connectivity index (χ4n) is 2.86. The summed E-state index contributed by atoms with van der Waals surface area (Å²) < 4.78 is 9.67. The van der Waals surface area contributed by atoms with Crippen LogP contribution < -0.4 is 9.13 Å². The number of rotatable bonds is 6. The maximum atomic E-state index is 3.62. The van der Waals surface area contributed by atoms with Gasteiger partial charge in [-0.15, -0.1) is 0 Å². The van der Waals surface area contributed by atoms with Crippen LogP contribution in [0, 0.1) is 0 Å². The van der Waals surface area contributed by atoms with E-state index in [1.165, 1.54) is 30.4 Å². The van der Waals surface area contributed by atoms with Crippen molar-refractivity contribution in [1.29, 1.82) is 0 Å². The molecular formula is C14H20Br2N4S6+2. The van der Waals surface area contributed by atoms with Crippen molar-refractivity contribution < 1.29 is 9.13 Å². The van der Waals surface area contributed by atoms with Crippen molar-refractivity contribution in [3.05, 3.63) is 0 Å². The van der Waals surface area contributed by atoms with E-state index >= 15 is 0 Å². The number of hydrogen-bond acceptors (Lipinski definition) is 6. The Morgan fingerprint density at radius 3 is 1.38 bits per heavy atom. The fourth-order valence-corrected chi connectivity index (χ4v) is 12.8. The molecule has 3 rings (SSSR count). The summed E-state index contributed by atoms with van der Waals surface area (Å²) in [6.45, 7) is 12.8. The first kappa shape index (κ1) is 22.2. The van der Waals surface area contributed by atoms with Crippen LogP contribution in [0.4, 0.5) is 0 Å². The molecule has 0 saturated heterocycles. The quantitative estimate of drug-likeness (QED) is 0.272. The lowest BCUT2D eigenvalue weighted by Crippen LogP contribution is -2.35. The molecule has 0 spiro atoms. The van der Waals surface area contributed by atoms with Gasteiger partial charge in [0.2, 0.25) is 20.1 Å². The predicted octanol–water partition coefficient (Wildman–Crippen LogP) is 6.66. The van der Waals surface area contributed by atoms with E-state index in [4.69, 9.17) is 0 Å². The van der Waals surface area contributed by atoms with Crippen LogP contribution in [0.3, 0.4) is 0 Å². The second-order valence-electron chi connectivity index (χ2n) is 5.25. The third kappa shape index (κ3) is 3.79. The Bertz CT molecular complexity index is 681. The van der Waals surface area contributed by atoms with Gasteiger partial charge >= 0.3 is 10.3 Å². The highest BCUT2D eigenvalue weighted by Crippen LogP contribution is 2.53. The van der Waals surface area contributed by atoms with Gasteiger partial charge in [0.1, 0.15) is 0 Å². The van der Waals surface area contributed by atoms with E-state index in [0.717, 1.165) is 26.2 Å². The molecule has 0 bridgehead atoms. The average molecular weight is 597 g/mol. The molecule has 4 nitrogen and oxygen atoms in total. The molecule has 3 heterocycles. The van der Waals surface area contributed by atoms with E-state index in [0.29, 0.717) is 0 Å². The van der Waals surface area contributed by atoms with Gasteiger partial charge in [-0.3, -0.25) is 0 Å². The summed E-state index contributed by atoms with van der Waals surface area (Å²) in [4.78, 5) is 0. The van der Waals surface area contributed by atoms with Crippen molar-refractivity contribution in [3.8, 4) is 0 Å². The zero-order chi connectivity index (χ0) is 18.8. The number of fused-ring (bicyclic) bond motifs is 2. The van der Waals surface area contributed by atoms with Gasteiger partial charge in [0.05, 0.1) is 26.2 Å². The first-order chi connectivity index (χ1) is 12.7. The number of nitrogens with zero attached hydrogens (tertiary/aromatic N) is 4. The van der Waals surface area contributed by atoms with E-state index in [1.807, 2.05) is 43.2 Å². The molecule has 2 aromatic rings. The number of halogens is 2. The van der Waals surface area contributed by atoms with Gasteiger partial charge in [0.25, 0.3) is 0 Å². The molecule has 2 aromatic heterocycles. The van der Waals surface area contributed by atoms with Gasteiger partial charge in [-0.1, -0.05) is 0 Å². The zero-order valence-electron chi connectivity index (χ0n) is 14.8. The summed E-state index contributed by atoms with van der Waals surface area (Å²) in [6.07, 6.45) is 0. The van der Waals surface area contributed by atoms with Gasteiger partial charge in [-0.2, -0.15) is 0 Å². The van der Waals surface area contributed by atoms with Crippen LogP contribution in [0.5, 0.6) is 0 Å². The topological polar surface area (TPSA) is 17.6 Å². The number of hydrogen-bond donors (Lipinski definition) is 0. The highest BCUT2D eigenvalue weighted by molar-refractivity contribution is 9.50. The van der Waals surface area contributed by atoms with Crippen LogP contribution >= 0.6 is 93.2 Å². The summed E-state index contributed by atoms with van der Waals surface area (Å²) in [6, 6.07) is 0. The molecular weight excluding hydrogens is 576 g/mol. The maximum Gasteiger partial charge on any atom is 0.331 e. The third-order valence-electron chi connectivity index (χ3n) is 4.07. The van der Waals surface area contributed by atoms with Crippen molar-refractivity contribution in [2.75, 3.05) is 0 Å². The van der Waals surface area contributed by atoms with Gasteiger partial charge in [-0.25, -0.2) is 18.3 Å². The van der Waals surface area contributed by atoms with Crippen molar-refractivity contribution >= 4 is 93.2 Å². The molecule has 0 unspecified atom stereocenters. The van der Waals surface area contributed by atoms with Crippen molar-refractivity contribution in [3.63, 3.8) is 0 Å². The Kier molecular flexibility index (Phi) is 8.52. The lowest BCUT2D eigenvalue weighted by atomic mass is 10.7. The fraction of sp³-hybridized carbons (Fsp3) is 0.571. The summed E-state index contributed by atoms with van der Waals surface area (Å²) in [5, 5.41) is 7.94. The molecule has 0 amide bonds. The van der Waals surface area contributed by atoms with Crippen LogP contribution in [0.25, 0.3) is 0 Å². The van der Waals surface area contributed by atoms with Crippen molar-refractivity contribution in [2.45, 2.75) is 84.3 Å². The normalized spacial score (nSPS) is 14.1. The summed E-state index contributed by atoms with van der Waals surface area (Å²) >= 11 is 7.24. The highest BCUT2D eigenvalue weighted by atomic mass is 79.9. The minimum atomic E-state index is 0.973. The maximum absolute atomic E-state index is 3.62. The molecule has 0 N–H and O–H groups in total. The van der Waals surface area contributed by atoms with Gasteiger partial charge in [0.15, 0.2) is 0 Å². The Balaban J connectivity index is 2.12. The van der Waals surface area contributed by atoms with E-state index in [-0.39, 0.29) is 0 Å². The molecule has 0 atom stereocenters. The van der Waals surface area contributed by atoms with E-state index < -0.39 is 0 Å². The Hall–Kier alpha value is 1.48. The van der Waals surface area contributed by atoms with Crippen LogP contribution in [0.1, 0.15) is 27.7 Å². The SMILES string of the molecule is CCn1c2c([n+](CC)c1SBr)SSc1c([n+](CC)c(SBr)n1CC)SS2. The van der Waals surface area contributed by atoms with Crippen LogP contribution in [-0.2, 0) is 26.2 Å². The first-order valence-electron chi connectivity index (χ1n) is 8.25. The van der Waals surface area contributed by atoms with Crippen LogP contribution in [0.2, 0.25) is 0 Å². The monoisotopic (exact) mass is 594 g/mol. The standard InChI is InChI=1S/C14H20Br2N4S6/c1-5-17-9-10(18(6-2)13(17)21-15)24-26-12-11(25-23-9)19(7-3)14(22-16)20(12)8-4/h5-8H2,1-4H3/q+2. The molecule has 0 fully saturated rings. The minimum Gasteiger partial charge on any atom is -0.210 e. The van der Waals surface area contributed by atoms with E-state index in [2.05, 4.69) is 75.6 Å². The molecule has 0 saturated carbocycles. The van der Waals surface area contributed by atoms with Crippen molar-refractivity contribution in [1.82, 2.24) is 9.13 Å². The van der Waals surface area contributed by atoms with Crippen molar-refractivity contribution in [2.24, 2.45) is 0 Å². The summed E-state index contributed by atoms with van der Waals surface area (Å²) in [7, 11) is 10.9. The van der Waals surface area contributed by atoms with Gasteiger partial charge in [-0.05, 0) is 70.9 Å². The third-order valence-corrected chi connectivity index (χ3v) is 12.1. The Morgan fingerprint density at radius 2 is 1.12 bits per heavy atom. The molecule has 0 aliphatic carbocycles. The minimum absolute atomic E-state index is 0.973. The van der Waals surface area contributed by atoms with E-state index in [9.17, 15) is 0 Å². The van der Waals surface area contributed by atoms with Gasteiger partial charge < -0.3 is 0 Å². The second kappa shape index (κ2) is 9.99. The van der Waals surface area contributed by atoms with E-state index in [1.54, 1.807) is 20.4 Å². The number of imidazole rings is 2. The highest BCUT2D eigenvalue weighted by Gasteiger charge is 2.38. The Morgan fingerprint density at radius 1 is 0.731 bits per heavy atom. The second-order valence-corrected chi connectivity index (χ2v) is 12.4. The molecule has 12 heteroatoms. The number of aromatic nitrogens is 4. The lowest BCUT2D eigenvalue weighted by molar-refractivity contribution is -0.764. The summed E-state index contributed by atoms with van der Waals surface area (Å²) in [5.41, 5.74) is 0. The molecule has 1 aliphatic heterocycles. The molecule has 1 aliphatic rings. The smallest absolute Gasteiger partial charge is 0.210 e. The van der Waals surface area contributed by atoms with Gasteiger partial charge in [0, 0.05) is 50.0 Å². The lowest BCUT2D eigenvalue weighted by Gasteiger charge is -2.06. The van der Waals surface area contributed by atoms with Crippen LogP contribution in [0.15, 0.2) is 30.4 Å². The first-order valence-corrected chi connectivity index (χ1v) is 17.9. The molecule has 0 radical (unpaired) electrons. The average Bonchev–Trinajstić information content (AvgIpc) is 3.11. The largest absolute Gasteiger partial charge is 0.331 e. The molecule has 0 aromatic carbocycles. The Labute approximate surface area is 194 Å². The predicted molar refractivity (Wildman–Crippen MR) is 125 cm³/mol.